The summed E-state index contributed by atoms with van der Waals surface area (Å²) in [6.07, 6.45) is 7.69. The predicted octanol–water partition coefficient (Wildman–Crippen LogP) is 3.07. The summed E-state index contributed by atoms with van der Waals surface area (Å²) in [6, 6.07) is 10.9. The number of esters is 1. The molecule has 0 aliphatic rings. The molecule has 27 heavy (non-hydrogen) atoms. The van der Waals surface area contributed by atoms with Crippen LogP contribution >= 0.6 is 0 Å². The number of ether oxygens (including phenoxy) is 1. The minimum absolute atomic E-state index is 0.322. The van der Waals surface area contributed by atoms with Gasteiger partial charge in [0.05, 0.1) is 17.7 Å². The lowest BCUT2D eigenvalue weighted by Crippen LogP contribution is -2.24. The number of pyridine rings is 3. The smallest absolute Gasteiger partial charge is 0.340 e. The lowest BCUT2D eigenvalue weighted by Gasteiger charge is -2.15. The van der Waals surface area contributed by atoms with E-state index >= 15 is 0 Å². The highest BCUT2D eigenvalue weighted by Gasteiger charge is 2.13. The molecule has 1 atom stereocenters. The summed E-state index contributed by atoms with van der Waals surface area (Å²) in [6.45, 7) is 2.08. The van der Waals surface area contributed by atoms with Crippen molar-refractivity contribution in [2.24, 2.45) is 0 Å². The summed E-state index contributed by atoms with van der Waals surface area (Å²) in [5.41, 5.74) is 2.56. The number of rotatable bonds is 6. The highest BCUT2D eigenvalue weighted by molar-refractivity contribution is 5.89. The molecule has 3 heterocycles. The zero-order valence-electron chi connectivity index (χ0n) is 14.7. The van der Waals surface area contributed by atoms with E-state index in [1.54, 1.807) is 49.9 Å². The minimum Gasteiger partial charge on any atom is -0.457 e. The van der Waals surface area contributed by atoms with Crippen molar-refractivity contribution < 1.29 is 9.53 Å². The summed E-state index contributed by atoms with van der Waals surface area (Å²) in [7, 11) is 0. The van der Waals surface area contributed by atoms with Gasteiger partial charge < -0.3 is 10.1 Å². The van der Waals surface area contributed by atoms with Crippen molar-refractivity contribution in [3.63, 3.8) is 0 Å². The lowest BCUT2D eigenvalue weighted by molar-refractivity contribution is 0.0366. The third-order valence-corrected chi connectivity index (χ3v) is 3.78. The summed E-state index contributed by atoms with van der Waals surface area (Å²) in [5, 5.41) is 12.5. The van der Waals surface area contributed by atoms with Crippen molar-refractivity contribution in [3.8, 4) is 17.2 Å². The van der Waals surface area contributed by atoms with Gasteiger partial charge in [0.15, 0.2) is 0 Å². The number of hydrogen-bond acceptors (Lipinski definition) is 7. The van der Waals surface area contributed by atoms with Crippen molar-refractivity contribution in [1.29, 1.82) is 5.26 Å². The Morgan fingerprint density at radius 2 is 2.00 bits per heavy atom. The molecule has 3 aromatic rings. The third-order valence-electron chi connectivity index (χ3n) is 3.78. The van der Waals surface area contributed by atoms with Crippen LogP contribution in [0.1, 0.15) is 22.8 Å². The van der Waals surface area contributed by atoms with E-state index in [0.29, 0.717) is 23.5 Å². The van der Waals surface area contributed by atoms with Crippen molar-refractivity contribution in [2.75, 3.05) is 11.9 Å². The Labute approximate surface area is 156 Å². The maximum absolute atomic E-state index is 12.0. The average molecular weight is 359 g/mol. The van der Waals surface area contributed by atoms with Gasteiger partial charge in [-0.05, 0) is 42.8 Å². The first-order chi connectivity index (χ1) is 13.2. The highest BCUT2D eigenvalue weighted by atomic mass is 16.5. The second kappa shape index (κ2) is 8.54. The maximum atomic E-state index is 12.0. The predicted molar refractivity (Wildman–Crippen MR) is 99.8 cm³/mol. The quantitative estimate of drug-likeness (QED) is 0.675. The first kappa shape index (κ1) is 18.0. The van der Waals surface area contributed by atoms with E-state index in [9.17, 15) is 10.1 Å². The van der Waals surface area contributed by atoms with Gasteiger partial charge in [0.25, 0.3) is 0 Å². The van der Waals surface area contributed by atoms with E-state index in [4.69, 9.17) is 4.74 Å². The molecule has 134 valence electrons. The monoisotopic (exact) mass is 359 g/mol. The number of anilines is 1. The summed E-state index contributed by atoms with van der Waals surface area (Å²) < 4.78 is 5.37. The average Bonchev–Trinajstić information content (AvgIpc) is 2.73. The number of nitrogens with one attached hydrogen (secondary N) is 1. The molecular formula is C20H17N5O2. The molecule has 0 saturated carbocycles. The number of nitrogens with zero attached hydrogens (tertiary/aromatic N) is 4. The molecule has 0 aromatic carbocycles. The summed E-state index contributed by atoms with van der Waals surface area (Å²) in [4.78, 5) is 24.2. The standard InChI is InChI=1S/C20H17N5O2/c1-14(27-20(26)16-3-2-6-23-12-16)11-24-19-17(10-21)9-18(13-25-19)15-4-7-22-8-5-15/h2-9,12-14H,11H2,1H3,(H,24,25). The molecule has 0 radical (unpaired) electrons. The van der Waals surface area contributed by atoms with Gasteiger partial charge in [-0.3, -0.25) is 9.97 Å². The van der Waals surface area contributed by atoms with Crippen molar-refractivity contribution in [3.05, 3.63) is 72.4 Å². The number of nitriles is 1. The zero-order chi connectivity index (χ0) is 19.1. The minimum atomic E-state index is -0.445. The van der Waals surface area contributed by atoms with Crippen molar-refractivity contribution in [2.45, 2.75) is 13.0 Å². The zero-order valence-corrected chi connectivity index (χ0v) is 14.7. The molecular weight excluding hydrogens is 342 g/mol. The van der Waals surface area contributed by atoms with Gasteiger partial charge in [0.1, 0.15) is 18.0 Å². The van der Waals surface area contributed by atoms with Gasteiger partial charge in [0.2, 0.25) is 0 Å². The first-order valence-corrected chi connectivity index (χ1v) is 8.33. The number of carbonyl (C=O) groups excluding carboxylic acids is 1. The molecule has 3 rings (SSSR count). The Hall–Kier alpha value is -3.79. The largest absolute Gasteiger partial charge is 0.457 e. The van der Waals surface area contributed by atoms with Crippen LogP contribution in [0.2, 0.25) is 0 Å². The second-order valence-corrected chi connectivity index (χ2v) is 5.81. The van der Waals surface area contributed by atoms with E-state index in [0.717, 1.165) is 11.1 Å². The van der Waals surface area contributed by atoms with Crippen LogP contribution in [-0.4, -0.2) is 33.6 Å². The van der Waals surface area contributed by atoms with E-state index in [1.165, 1.54) is 6.20 Å². The molecule has 7 nitrogen and oxygen atoms in total. The van der Waals surface area contributed by atoms with Gasteiger partial charge >= 0.3 is 5.97 Å². The molecule has 1 N–H and O–H groups in total. The van der Waals surface area contributed by atoms with Crippen LogP contribution in [0.25, 0.3) is 11.1 Å². The molecule has 0 fully saturated rings. The van der Waals surface area contributed by atoms with E-state index in [2.05, 4.69) is 26.3 Å². The molecule has 3 aromatic heterocycles. The first-order valence-electron chi connectivity index (χ1n) is 8.33. The number of hydrogen-bond donors (Lipinski definition) is 1. The van der Waals surface area contributed by atoms with Crippen LogP contribution in [-0.2, 0) is 4.74 Å². The second-order valence-electron chi connectivity index (χ2n) is 5.81. The van der Waals surface area contributed by atoms with Gasteiger partial charge in [-0.1, -0.05) is 0 Å². The molecule has 7 heteroatoms. The topological polar surface area (TPSA) is 101 Å². The fourth-order valence-corrected chi connectivity index (χ4v) is 2.41. The molecule has 0 aliphatic carbocycles. The Morgan fingerprint density at radius 1 is 1.19 bits per heavy atom. The van der Waals surface area contributed by atoms with E-state index < -0.39 is 12.1 Å². The summed E-state index contributed by atoms with van der Waals surface area (Å²) >= 11 is 0. The summed E-state index contributed by atoms with van der Waals surface area (Å²) in [5.74, 6) is -0.00140. The van der Waals surface area contributed by atoms with Crippen molar-refractivity contribution >= 4 is 11.8 Å². The van der Waals surface area contributed by atoms with Crippen molar-refractivity contribution in [1.82, 2.24) is 15.0 Å². The van der Waals surface area contributed by atoms with Crippen LogP contribution in [0.3, 0.4) is 0 Å². The van der Waals surface area contributed by atoms with Crippen LogP contribution in [0.4, 0.5) is 5.82 Å². The van der Waals surface area contributed by atoms with Gasteiger partial charge in [-0.15, -0.1) is 0 Å². The Morgan fingerprint density at radius 3 is 2.70 bits per heavy atom. The van der Waals surface area contributed by atoms with Gasteiger partial charge in [-0.2, -0.15) is 5.26 Å². The van der Waals surface area contributed by atoms with Crippen LogP contribution in [0.5, 0.6) is 0 Å². The van der Waals surface area contributed by atoms with E-state index in [1.807, 2.05) is 12.1 Å². The Balaban J connectivity index is 1.64. The fourth-order valence-electron chi connectivity index (χ4n) is 2.41. The molecule has 0 amide bonds. The van der Waals surface area contributed by atoms with E-state index in [-0.39, 0.29) is 0 Å². The van der Waals surface area contributed by atoms with Gasteiger partial charge in [-0.25, -0.2) is 9.78 Å². The SMILES string of the molecule is CC(CNc1ncc(-c2ccncc2)cc1C#N)OC(=O)c1cccnc1. The van der Waals surface area contributed by atoms with Gasteiger partial charge in [0, 0.05) is 36.5 Å². The lowest BCUT2D eigenvalue weighted by atomic mass is 10.1. The maximum Gasteiger partial charge on any atom is 0.340 e. The fraction of sp³-hybridized carbons (Fsp3) is 0.150. The van der Waals surface area contributed by atoms with Crippen LogP contribution < -0.4 is 5.32 Å². The Bertz CT molecular complexity index is 955. The van der Waals surface area contributed by atoms with Crippen LogP contribution in [0.15, 0.2) is 61.3 Å². The Kier molecular flexibility index (Phi) is 5.70. The third kappa shape index (κ3) is 4.64. The van der Waals surface area contributed by atoms with Crippen LogP contribution in [0, 0.1) is 11.3 Å². The highest BCUT2D eigenvalue weighted by Crippen LogP contribution is 2.22. The molecule has 0 saturated heterocycles. The molecule has 0 bridgehead atoms. The molecule has 1 unspecified atom stereocenters. The number of aromatic nitrogens is 3. The normalized spacial score (nSPS) is 11.3. The molecule has 0 spiro atoms. The molecule has 0 aliphatic heterocycles. The number of carbonyl (C=O) groups is 1.